The van der Waals surface area contributed by atoms with Gasteiger partial charge in [-0.1, -0.05) is 6.07 Å². The van der Waals surface area contributed by atoms with Crippen LogP contribution in [-0.4, -0.2) is 67.8 Å². The molecule has 8 heteroatoms. The first-order chi connectivity index (χ1) is 10.7. The highest BCUT2D eigenvalue weighted by Crippen LogP contribution is 2.26. The van der Waals surface area contributed by atoms with Crippen molar-refractivity contribution in [2.75, 3.05) is 51.3 Å². The summed E-state index contributed by atoms with van der Waals surface area (Å²) in [6, 6.07) is 5.93. The number of hydrogen-bond acceptors (Lipinski definition) is 5. The van der Waals surface area contributed by atoms with Crippen LogP contribution in [0.2, 0.25) is 0 Å². The van der Waals surface area contributed by atoms with Gasteiger partial charge in [0.05, 0.1) is 0 Å². The van der Waals surface area contributed by atoms with Crippen LogP contribution >= 0.6 is 24.8 Å². The van der Waals surface area contributed by atoms with Gasteiger partial charge >= 0.3 is 0 Å². The lowest BCUT2D eigenvalue weighted by Crippen LogP contribution is -2.59. The van der Waals surface area contributed by atoms with Crippen LogP contribution in [0.5, 0.6) is 0 Å². The van der Waals surface area contributed by atoms with E-state index in [2.05, 4.69) is 15.2 Å². The molecule has 0 unspecified atom stereocenters. The average molecular weight is 377 g/mol. The lowest BCUT2D eigenvalue weighted by molar-refractivity contribution is -0.158. The highest BCUT2D eigenvalue weighted by Gasteiger charge is 2.42. The van der Waals surface area contributed by atoms with Crippen LogP contribution < -0.4 is 10.2 Å². The van der Waals surface area contributed by atoms with Crippen molar-refractivity contribution in [1.82, 2.24) is 15.2 Å². The van der Waals surface area contributed by atoms with Gasteiger partial charge in [0.25, 0.3) is 5.91 Å². The van der Waals surface area contributed by atoms with Crippen molar-refractivity contribution < 1.29 is 9.53 Å². The van der Waals surface area contributed by atoms with Gasteiger partial charge in [-0.2, -0.15) is 0 Å². The summed E-state index contributed by atoms with van der Waals surface area (Å²) >= 11 is 0. The number of piperidine rings is 1. The zero-order valence-corrected chi connectivity index (χ0v) is 15.6. The second-order valence-electron chi connectivity index (χ2n) is 5.92. The van der Waals surface area contributed by atoms with Crippen LogP contribution in [0, 0.1) is 0 Å². The molecule has 0 spiro atoms. The van der Waals surface area contributed by atoms with Gasteiger partial charge in [0.2, 0.25) is 0 Å². The molecule has 2 fully saturated rings. The lowest BCUT2D eigenvalue weighted by Gasteiger charge is -2.42. The van der Waals surface area contributed by atoms with E-state index >= 15 is 0 Å². The maximum absolute atomic E-state index is 12.9. The fourth-order valence-electron chi connectivity index (χ4n) is 3.30. The summed E-state index contributed by atoms with van der Waals surface area (Å²) in [5.41, 5.74) is -0.627. The Balaban J connectivity index is 0.00000144. The third-order valence-corrected chi connectivity index (χ3v) is 4.73. The van der Waals surface area contributed by atoms with Crippen LogP contribution in [0.4, 0.5) is 5.82 Å². The smallest absolute Gasteiger partial charge is 0.255 e. The number of anilines is 1. The number of piperazine rings is 1. The van der Waals surface area contributed by atoms with Crippen LogP contribution in [-0.2, 0) is 9.53 Å². The van der Waals surface area contributed by atoms with E-state index in [1.54, 1.807) is 7.11 Å². The Morgan fingerprint density at radius 1 is 1.17 bits per heavy atom. The third-order valence-electron chi connectivity index (χ3n) is 4.73. The number of hydrogen-bond donors (Lipinski definition) is 1. The van der Waals surface area contributed by atoms with Gasteiger partial charge in [-0.15, -0.1) is 24.8 Å². The number of amides is 1. The minimum absolute atomic E-state index is 0. The van der Waals surface area contributed by atoms with Gasteiger partial charge in [-0.3, -0.25) is 4.79 Å². The zero-order valence-electron chi connectivity index (χ0n) is 13.9. The summed E-state index contributed by atoms with van der Waals surface area (Å²) in [5, 5.41) is 3.29. The number of methoxy groups -OCH3 is 1. The van der Waals surface area contributed by atoms with Crippen LogP contribution in [0.1, 0.15) is 12.8 Å². The summed E-state index contributed by atoms with van der Waals surface area (Å²) in [4.78, 5) is 21.5. The molecule has 1 amide bonds. The fraction of sp³-hybridized carbons (Fsp3) is 0.625. The molecule has 136 valence electrons. The van der Waals surface area contributed by atoms with Crippen molar-refractivity contribution in [1.29, 1.82) is 0 Å². The van der Waals surface area contributed by atoms with Gasteiger partial charge in [-0.25, -0.2) is 4.98 Å². The molecule has 0 bridgehead atoms. The van der Waals surface area contributed by atoms with Gasteiger partial charge in [0.1, 0.15) is 11.4 Å². The third kappa shape index (κ3) is 4.30. The first-order valence-electron chi connectivity index (χ1n) is 7.96. The Kier molecular flexibility index (Phi) is 8.22. The Labute approximate surface area is 155 Å². The lowest BCUT2D eigenvalue weighted by atomic mass is 9.90. The van der Waals surface area contributed by atoms with Gasteiger partial charge in [0.15, 0.2) is 0 Å². The first-order valence-corrected chi connectivity index (χ1v) is 7.96. The summed E-state index contributed by atoms with van der Waals surface area (Å²) in [6.45, 7) is 4.78. The number of carbonyl (C=O) groups excluding carboxylic acids is 1. The number of ether oxygens (including phenoxy) is 1. The molecule has 1 aromatic heterocycles. The average Bonchev–Trinajstić information content (AvgIpc) is 2.62. The molecule has 0 atom stereocenters. The van der Waals surface area contributed by atoms with E-state index in [1.807, 2.05) is 29.3 Å². The molecule has 0 aromatic carbocycles. The number of nitrogens with zero attached hydrogens (tertiary/aromatic N) is 3. The Morgan fingerprint density at radius 2 is 1.83 bits per heavy atom. The van der Waals surface area contributed by atoms with E-state index in [-0.39, 0.29) is 30.7 Å². The fourth-order valence-corrected chi connectivity index (χ4v) is 3.30. The SMILES string of the molecule is COC1(C(=O)N2CCN(c3ccccn3)CC2)CCNCC1.Cl.Cl. The number of nitrogens with one attached hydrogen (secondary N) is 1. The van der Waals surface area contributed by atoms with Crippen molar-refractivity contribution >= 4 is 36.5 Å². The zero-order chi connectivity index (χ0) is 15.4. The van der Waals surface area contributed by atoms with Crippen molar-refractivity contribution in [2.45, 2.75) is 18.4 Å². The number of rotatable bonds is 3. The van der Waals surface area contributed by atoms with E-state index in [0.717, 1.165) is 57.9 Å². The quantitative estimate of drug-likeness (QED) is 0.862. The molecule has 0 radical (unpaired) electrons. The number of halogens is 2. The molecule has 1 N–H and O–H groups in total. The monoisotopic (exact) mass is 376 g/mol. The number of carbonyl (C=O) groups is 1. The van der Waals surface area contributed by atoms with Gasteiger partial charge < -0.3 is 19.9 Å². The summed E-state index contributed by atoms with van der Waals surface area (Å²) < 4.78 is 5.65. The predicted molar refractivity (Wildman–Crippen MR) is 99.4 cm³/mol. The maximum atomic E-state index is 12.9. The highest BCUT2D eigenvalue weighted by atomic mass is 35.5. The maximum Gasteiger partial charge on any atom is 0.255 e. The Hall–Kier alpha value is -1.08. The highest BCUT2D eigenvalue weighted by molar-refractivity contribution is 5.86. The number of pyridine rings is 1. The molecule has 3 heterocycles. The topological polar surface area (TPSA) is 57.7 Å². The van der Waals surface area contributed by atoms with Crippen LogP contribution in [0.3, 0.4) is 0 Å². The molecule has 1 aromatic rings. The van der Waals surface area contributed by atoms with Gasteiger partial charge in [0, 0.05) is 39.5 Å². The van der Waals surface area contributed by atoms with Crippen molar-refractivity contribution in [3.63, 3.8) is 0 Å². The van der Waals surface area contributed by atoms with Crippen LogP contribution in [0.15, 0.2) is 24.4 Å². The molecule has 2 aliphatic rings. The van der Waals surface area contributed by atoms with E-state index in [9.17, 15) is 4.79 Å². The van der Waals surface area contributed by atoms with E-state index in [4.69, 9.17) is 4.74 Å². The normalized spacial score (nSPS) is 19.9. The summed E-state index contributed by atoms with van der Waals surface area (Å²) in [6.07, 6.45) is 3.31. The van der Waals surface area contributed by atoms with Crippen LogP contribution in [0.25, 0.3) is 0 Å². The van der Waals surface area contributed by atoms with Crippen molar-refractivity contribution in [3.8, 4) is 0 Å². The Morgan fingerprint density at radius 3 is 2.38 bits per heavy atom. The molecular formula is C16H26Cl2N4O2. The predicted octanol–water partition coefficient (Wildman–Crippen LogP) is 1.34. The minimum atomic E-state index is -0.627. The molecule has 0 saturated carbocycles. The van der Waals surface area contributed by atoms with Crippen molar-refractivity contribution in [3.05, 3.63) is 24.4 Å². The van der Waals surface area contributed by atoms with E-state index in [1.165, 1.54) is 0 Å². The molecular weight excluding hydrogens is 351 g/mol. The second kappa shape index (κ2) is 9.42. The summed E-state index contributed by atoms with van der Waals surface area (Å²) in [5.74, 6) is 1.13. The first kappa shape index (κ1) is 21.0. The molecule has 2 saturated heterocycles. The molecule has 6 nitrogen and oxygen atoms in total. The molecule has 3 rings (SSSR count). The second-order valence-corrected chi connectivity index (χ2v) is 5.92. The van der Waals surface area contributed by atoms with E-state index < -0.39 is 5.60 Å². The molecule has 24 heavy (non-hydrogen) atoms. The van der Waals surface area contributed by atoms with Crippen molar-refractivity contribution in [2.24, 2.45) is 0 Å². The molecule has 2 aliphatic heterocycles. The Bertz CT molecular complexity index is 504. The number of aromatic nitrogens is 1. The van der Waals surface area contributed by atoms with Gasteiger partial charge in [-0.05, 0) is 38.1 Å². The minimum Gasteiger partial charge on any atom is -0.368 e. The standard InChI is InChI=1S/C16H24N4O2.2ClH/c1-22-16(5-8-17-9-6-16)15(21)20-12-10-19(11-13-20)14-4-2-3-7-18-14;;/h2-4,7,17H,5-6,8-13H2,1H3;2*1H. The largest absolute Gasteiger partial charge is 0.368 e. The van der Waals surface area contributed by atoms with E-state index in [0.29, 0.717) is 0 Å². The summed E-state index contributed by atoms with van der Waals surface area (Å²) in [7, 11) is 1.66. The molecule has 0 aliphatic carbocycles.